The van der Waals surface area contributed by atoms with Gasteiger partial charge in [-0.25, -0.2) is 0 Å². The molecular formula is C11H16. The van der Waals surface area contributed by atoms with E-state index in [9.17, 15) is 0 Å². The molecule has 0 heterocycles. The van der Waals surface area contributed by atoms with Gasteiger partial charge in [-0.15, -0.1) is 0 Å². The van der Waals surface area contributed by atoms with Gasteiger partial charge in [-0.2, -0.15) is 0 Å². The molecule has 0 N–H and O–H groups in total. The highest BCUT2D eigenvalue weighted by Gasteiger charge is 1.66. The standard InChI is InChI=1S/C11H16/c1-3-5-7-9-11-10-8-6-4-2/h5,7,9,11H,3-4,6H2,1-2H3/b7-5+,11-9+. The first-order valence-electron chi connectivity index (χ1n) is 4.21. The summed E-state index contributed by atoms with van der Waals surface area (Å²) in [6, 6.07) is 0. The van der Waals surface area contributed by atoms with Crippen LogP contribution in [0.15, 0.2) is 24.3 Å². The summed E-state index contributed by atoms with van der Waals surface area (Å²) in [7, 11) is 0. The van der Waals surface area contributed by atoms with Gasteiger partial charge in [0.1, 0.15) is 0 Å². The highest BCUT2D eigenvalue weighted by Crippen LogP contribution is 1.83. The highest BCUT2D eigenvalue weighted by molar-refractivity contribution is 5.19. The van der Waals surface area contributed by atoms with Gasteiger partial charge in [0.15, 0.2) is 0 Å². The van der Waals surface area contributed by atoms with E-state index in [4.69, 9.17) is 0 Å². The van der Waals surface area contributed by atoms with Crippen LogP contribution in [0.5, 0.6) is 0 Å². The van der Waals surface area contributed by atoms with Gasteiger partial charge in [-0.1, -0.05) is 43.9 Å². The molecule has 0 aromatic heterocycles. The summed E-state index contributed by atoms with van der Waals surface area (Å²) in [5.41, 5.74) is 0. The highest BCUT2D eigenvalue weighted by atomic mass is 13.7. The van der Waals surface area contributed by atoms with E-state index in [1.54, 1.807) is 0 Å². The van der Waals surface area contributed by atoms with Crippen molar-refractivity contribution in [2.75, 3.05) is 0 Å². The molecule has 0 unspecified atom stereocenters. The summed E-state index contributed by atoms with van der Waals surface area (Å²) < 4.78 is 0. The van der Waals surface area contributed by atoms with Gasteiger partial charge in [-0.3, -0.25) is 0 Å². The molecule has 0 aromatic carbocycles. The molecule has 60 valence electrons. The van der Waals surface area contributed by atoms with Gasteiger partial charge in [0, 0.05) is 6.42 Å². The molecule has 0 rings (SSSR count). The van der Waals surface area contributed by atoms with E-state index >= 15 is 0 Å². The minimum Gasteiger partial charge on any atom is -0.0985 e. The molecule has 0 heteroatoms. The molecule has 11 heavy (non-hydrogen) atoms. The summed E-state index contributed by atoms with van der Waals surface area (Å²) in [5.74, 6) is 6.00. The van der Waals surface area contributed by atoms with E-state index in [0.717, 1.165) is 19.3 Å². The van der Waals surface area contributed by atoms with Crippen molar-refractivity contribution in [1.29, 1.82) is 0 Å². The van der Waals surface area contributed by atoms with Crippen LogP contribution in [0.3, 0.4) is 0 Å². The van der Waals surface area contributed by atoms with Crippen LogP contribution in [0.1, 0.15) is 33.1 Å². The van der Waals surface area contributed by atoms with Crippen molar-refractivity contribution in [3.8, 4) is 11.8 Å². The van der Waals surface area contributed by atoms with E-state index in [1.165, 1.54) is 0 Å². The van der Waals surface area contributed by atoms with Crippen molar-refractivity contribution in [3.05, 3.63) is 24.3 Å². The molecule has 0 aromatic rings. The molecule has 0 saturated carbocycles. The SMILES string of the molecule is CC/C=C/C=C/C#CCCC. The van der Waals surface area contributed by atoms with Gasteiger partial charge < -0.3 is 0 Å². The van der Waals surface area contributed by atoms with Crippen LogP contribution >= 0.6 is 0 Å². The Kier molecular flexibility index (Phi) is 8.25. The second-order valence-corrected chi connectivity index (χ2v) is 2.27. The monoisotopic (exact) mass is 148 g/mol. The predicted octanol–water partition coefficient (Wildman–Crippen LogP) is 3.31. The number of rotatable bonds is 3. The fourth-order valence-corrected chi connectivity index (χ4v) is 0.574. The smallest absolute Gasteiger partial charge is 0.00896 e. The molecule has 0 radical (unpaired) electrons. The van der Waals surface area contributed by atoms with E-state index in [2.05, 4.69) is 31.8 Å². The molecule has 0 bridgehead atoms. The normalized spacial score (nSPS) is 10.4. The van der Waals surface area contributed by atoms with Gasteiger partial charge in [-0.05, 0) is 18.9 Å². The number of allylic oxidation sites excluding steroid dienone is 4. The molecule has 0 spiro atoms. The molecule has 0 saturated heterocycles. The maximum atomic E-state index is 3.04. The molecule has 0 amide bonds. The first-order valence-corrected chi connectivity index (χ1v) is 4.21. The maximum Gasteiger partial charge on any atom is 0.00896 e. The third kappa shape index (κ3) is 9.04. The Morgan fingerprint density at radius 1 is 1.18 bits per heavy atom. The fourth-order valence-electron chi connectivity index (χ4n) is 0.574. The fraction of sp³-hybridized carbons (Fsp3) is 0.455. The first kappa shape index (κ1) is 10.0. The third-order valence-corrected chi connectivity index (χ3v) is 1.14. The van der Waals surface area contributed by atoms with Crippen LogP contribution in [-0.4, -0.2) is 0 Å². The average molecular weight is 148 g/mol. The molecule has 0 fully saturated rings. The van der Waals surface area contributed by atoms with E-state index in [0.29, 0.717) is 0 Å². The predicted molar refractivity (Wildman–Crippen MR) is 51.3 cm³/mol. The van der Waals surface area contributed by atoms with Crippen LogP contribution in [-0.2, 0) is 0 Å². The van der Waals surface area contributed by atoms with Crippen LogP contribution in [0.4, 0.5) is 0 Å². The van der Waals surface area contributed by atoms with Crippen molar-refractivity contribution in [2.24, 2.45) is 0 Å². The molecule has 0 nitrogen and oxygen atoms in total. The van der Waals surface area contributed by atoms with Crippen molar-refractivity contribution < 1.29 is 0 Å². The molecular weight excluding hydrogens is 132 g/mol. The summed E-state index contributed by atoms with van der Waals surface area (Å²) in [6.45, 7) is 4.25. The Labute approximate surface area is 70.0 Å². The maximum absolute atomic E-state index is 3.04. The zero-order chi connectivity index (χ0) is 8.36. The van der Waals surface area contributed by atoms with Crippen LogP contribution < -0.4 is 0 Å². The van der Waals surface area contributed by atoms with Crippen molar-refractivity contribution >= 4 is 0 Å². The van der Waals surface area contributed by atoms with E-state index in [1.807, 2.05) is 18.2 Å². The van der Waals surface area contributed by atoms with E-state index in [-0.39, 0.29) is 0 Å². The number of unbranched alkanes of at least 4 members (excludes halogenated alkanes) is 1. The quantitative estimate of drug-likeness (QED) is 0.425. The lowest BCUT2D eigenvalue weighted by Gasteiger charge is -1.75. The Bertz CT molecular complexity index is 174. The van der Waals surface area contributed by atoms with Gasteiger partial charge >= 0.3 is 0 Å². The largest absolute Gasteiger partial charge is 0.0985 e. The average Bonchev–Trinajstić information content (AvgIpc) is 2.03. The summed E-state index contributed by atoms with van der Waals surface area (Å²) in [5, 5.41) is 0. The number of hydrogen-bond donors (Lipinski definition) is 0. The lowest BCUT2D eigenvalue weighted by atomic mass is 10.3. The minimum absolute atomic E-state index is 1.00. The topological polar surface area (TPSA) is 0 Å². The van der Waals surface area contributed by atoms with Crippen molar-refractivity contribution in [1.82, 2.24) is 0 Å². The molecule has 0 aliphatic rings. The Balaban J connectivity index is 3.45. The zero-order valence-corrected chi connectivity index (χ0v) is 7.43. The van der Waals surface area contributed by atoms with Gasteiger partial charge in [0.25, 0.3) is 0 Å². The summed E-state index contributed by atoms with van der Waals surface area (Å²) >= 11 is 0. The van der Waals surface area contributed by atoms with Crippen LogP contribution in [0.25, 0.3) is 0 Å². The summed E-state index contributed by atoms with van der Waals surface area (Å²) in [4.78, 5) is 0. The van der Waals surface area contributed by atoms with Crippen molar-refractivity contribution in [2.45, 2.75) is 33.1 Å². The van der Waals surface area contributed by atoms with Crippen molar-refractivity contribution in [3.63, 3.8) is 0 Å². The number of hydrogen-bond acceptors (Lipinski definition) is 0. The third-order valence-electron chi connectivity index (χ3n) is 1.14. The van der Waals surface area contributed by atoms with E-state index < -0.39 is 0 Å². The Hall–Kier alpha value is -0.960. The molecule has 0 aliphatic carbocycles. The second kappa shape index (κ2) is 9.04. The van der Waals surface area contributed by atoms with Crippen LogP contribution in [0.2, 0.25) is 0 Å². The zero-order valence-electron chi connectivity index (χ0n) is 7.43. The second-order valence-electron chi connectivity index (χ2n) is 2.27. The Morgan fingerprint density at radius 3 is 2.64 bits per heavy atom. The molecule has 0 aliphatic heterocycles. The van der Waals surface area contributed by atoms with Gasteiger partial charge in [0.2, 0.25) is 0 Å². The lowest BCUT2D eigenvalue weighted by Crippen LogP contribution is -1.59. The minimum atomic E-state index is 1.00. The molecule has 0 atom stereocenters. The Morgan fingerprint density at radius 2 is 2.00 bits per heavy atom. The van der Waals surface area contributed by atoms with Crippen LogP contribution in [0, 0.1) is 11.8 Å². The van der Waals surface area contributed by atoms with Gasteiger partial charge in [0.05, 0.1) is 0 Å². The lowest BCUT2D eigenvalue weighted by molar-refractivity contribution is 0.983. The first-order chi connectivity index (χ1) is 5.41. The summed E-state index contributed by atoms with van der Waals surface area (Å²) in [6.07, 6.45) is 11.2.